The van der Waals surface area contributed by atoms with Crippen LogP contribution in [-0.2, 0) is 18.3 Å². The molecule has 2 N–H and O–H groups in total. The molecule has 148 valence electrons. The van der Waals surface area contributed by atoms with Gasteiger partial charge in [-0.2, -0.15) is 11.8 Å². The number of thioether (sulfide) groups is 1. The standard InChI is InChI=1S/C17H30N6OS.HI/c1-13-21-22-15(23(13)3)11-19-16(18-10-14-6-4-8-24-14)20-12-17(2)7-5-9-25-17;/h14H,4-12H2,1-3H3,(H2,18,19,20);1H. The second kappa shape index (κ2) is 10.1. The van der Waals surface area contributed by atoms with Crippen molar-refractivity contribution in [3.8, 4) is 0 Å². The summed E-state index contributed by atoms with van der Waals surface area (Å²) in [6, 6.07) is 0. The molecule has 2 aliphatic rings. The normalized spacial score (nSPS) is 26.0. The van der Waals surface area contributed by atoms with Crippen LogP contribution in [-0.4, -0.2) is 57.0 Å². The van der Waals surface area contributed by atoms with Gasteiger partial charge >= 0.3 is 0 Å². The van der Waals surface area contributed by atoms with Gasteiger partial charge in [0, 0.05) is 31.5 Å². The second-order valence-electron chi connectivity index (χ2n) is 7.16. The van der Waals surface area contributed by atoms with Gasteiger partial charge in [-0.15, -0.1) is 34.2 Å². The number of nitrogens with one attached hydrogen (secondary N) is 2. The molecule has 3 rings (SSSR count). The maximum atomic E-state index is 5.71. The SMILES string of the molecule is Cc1nnc(CN=C(NCC2CCCO2)NCC2(C)CCCS2)n1C.I. The lowest BCUT2D eigenvalue weighted by Crippen LogP contribution is -2.45. The maximum Gasteiger partial charge on any atom is 0.191 e. The van der Waals surface area contributed by atoms with Crippen LogP contribution in [0.1, 0.15) is 44.3 Å². The van der Waals surface area contributed by atoms with Crippen molar-refractivity contribution in [3.05, 3.63) is 11.6 Å². The van der Waals surface area contributed by atoms with Gasteiger partial charge in [-0.3, -0.25) is 0 Å². The highest BCUT2D eigenvalue weighted by Gasteiger charge is 2.29. The van der Waals surface area contributed by atoms with Crippen LogP contribution in [0.15, 0.2) is 4.99 Å². The van der Waals surface area contributed by atoms with E-state index in [0.29, 0.717) is 17.4 Å². The number of nitrogens with zero attached hydrogens (tertiary/aromatic N) is 4. The number of aliphatic imine (C=N–C) groups is 1. The van der Waals surface area contributed by atoms with Crippen LogP contribution in [0.3, 0.4) is 0 Å². The molecule has 1 aromatic heterocycles. The van der Waals surface area contributed by atoms with Crippen LogP contribution in [0.5, 0.6) is 0 Å². The molecule has 3 heterocycles. The first kappa shape index (κ1) is 21.7. The Morgan fingerprint density at radius 1 is 1.38 bits per heavy atom. The van der Waals surface area contributed by atoms with Gasteiger partial charge in [0.25, 0.3) is 0 Å². The summed E-state index contributed by atoms with van der Waals surface area (Å²) in [6.07, 6.45) is 5.12. The Morgan fingerprint density at radius 3 is 2.85 bits per heavy atom. The molecule has 26 heavy (non-hydrogen) atoms. The van der Waals surface area contributed by atoms with Crippen LogP contribution in [0, 0.1) is 6.92 Å². The lowest BCUT2D eigenvalue weighted by Gasteiger charge is -2.25. The topological polar surface area (TPSA) is 76.4 Å². The lowest BCUT2D eigenvalue weighted by atomic mass is 10.1. The molecule has 0 radical (unpaired) electrons. The zero-order valence-electron chi connectivity index (χ0n) is 16.0. The average Bonchev–Trinajstić information content (AvgIpc) is 3.33. The molecule has 7 nitrogen and oxygen atoms in total. The van der Waals surface area contributed by atoms with Crippen LogP contribution < -0.4 is 10.6 Å². The molecule has 1 aromatic rings. The van der Waals surface area contributed by atoms with E-state index >= 15 is 0 Å². The lowest BCUT2D eigenvalue weighted by molar-refractivity contribution is 0.113. The Labute approximate surface area is 177 Å². The number of hydrogen-bond donors (Lipinski definition) is 2. The van der Waals surface area contributed by atoms with Crippen LogP contribution >= 0.6 is 35.7 Å². The Kier molecular flexibility index (Phi) is 8.46. The van der Waals surface area contributed by atoms with Gasteiger partial charge < -0.3 is 19.9 Å². The van der Waals surface area contributed by atoms with Gasteiger partial charge in [-0.25, -0.2) is 4.99 Å². The molecular formula is C17H31IN6OS. The average molecular weight is 494 g/mol. The summed E-state index contributed by atoms with van der Waals surface area (Å²) in [5.74, 6) is 3.87. The highest BCUT2D eigenvalue weighted by atomic mass is 127. The Morgan fingerprint density at radius 2 is 2.23 bits per heavy atom. The Balaban J connectivity index is 0.00000243. The number of aryl methyl sites for hydroxylation is 1. The van der Waals surface area contributed by atoms with E-state index in [9.17, 15) is 0 Å². The summed E-state index contributed by atoms with van der Waals surface area (Å²) in [7, 11) is 1.98. The van der Waals surface area contributed by atoms with E-state index in [-0.39, 0.29) is 24.0 Å². The maximum absolute atomic E-state index is 5.71. The smallest absolute Gasteiger partial charge is 0.191 e. The Hall–Kier alpha value is -0.550. The van der Waals surface area contributed by atoms with Crippen molar-refractivity contribution in [3.63, 3.8) is 0 Å². The van der Waals surface area contributed by atoms with E-state index < -0.39 is 0 Å². The molecule has 0 aromatic carbocycles. The number of ether oxygens (including phenoxy) is 1. The van der Waals surface area contributed by atoms with Gasteiger partial charge in [-0.05, 0) is 45.3 Å². The minimum atomic E-state index is 0. The van der Waals surface area contributed by atoms with Gasteiger partial charge in [0.1, 0.15) is 12.4 Å². The minimum absolute atomic E-state index is 0. The number of guanidine groups is 1. The van der Waals surface area contributed by atoms with Crippen LogP contribution in [0.2, 0.25) is 0 Å². The van der Waals surface area contributed by atoms with Gasteiger partial charge in [-0.1, -0.05) is 0 Å². The van der Waals surface area contributed by atoms with Gasteiger partial charge in [0.2, 0.25) is 0 Å². The molecular weight excluding hydrogens is 463 g/mol. The predicted molar refractivity (Wildman–Crippen MR) is 117 cm³/mol. The summed E-state index contributed by atoms with van der Waals surface area (Å²) in [5.41, 5.74) is 0. The van der Waals surface area contributed by atoms with Crippen molar-refractivity contribution in [2.24, 2.45) is 12.0 Å². The van der Waals surface area contributed by atoms with Crippen molar-refractivity contribution < 1.29 is 4.74 Å². The number of aromatic nitrogens is 3. The molecule has 2 atom stereocenters. The van der Waals surface area contributed by atoms with Gasteiger partial charge in [0.15, 0.2) is 11.8 Å². The fraction of sp³-hybridized carbons (Fsp3) is 0.824. The highest BCUT2D eigenvalue weighted by Crippen LogP contribution is 2.36. The van der Waals surface area contributed by atoms with E-state index in [1.807, 2.05) is 18.5 Å². The largest absolute Gasteiger partial charge is 0.376 e. The quantitative estimate of drug-likeness (QED) is 0.359. The summed E-state index contributed by atoms with van der Waals surface area (Å²) < 4.78 is 7.99. The molecule has 0 amide bonds. The third-order valence-electron chi connectivity index (χ3n) is 5.01. The van der Waals surface area contributed by atoms with Crippen molar-refractivity contribution in [1.29, 1.82) is 0 Å². The van der Waals surface area contributed by atoms with E-state index in [2.05, 4.69) is 39.5 Å². The molecule has 0 spiro atoms. The fourth-order valence-corrected chi connectivity index (χ4v) is 4.42. The van der Waals surface area contributed by atoms with E-state index in [1.165, 1.54) is 18.6 Å². The summed E-state index contributed by atoms with van der Waals surface area (Å²) in [5, 5.41) is 15.3. The second-order valence-corrected chi connectivity index (χ2v) is 8.84. The monoisotopic (exact) mass is 494 g/mol. The number of halogens is 1. The van der Waals surface area contributed by atoms with Gasteiger partial charge in [0.05, 0.1) is 6.10 Å². The van der Waals surface area contributed by atoms with E-state index in [0.717, 1.165) is 50.1 Å². The molecule has 2 fully saturated rings. The van der Waals surface area contributed by atoms with Crippen molar-refractivity contribution >= 4 is 41.7 Å². The highest BCUT2D eigenvalue weighted by molar-refractivity contribution is 14.0. The third kappa shape index (κ3) is 5.98. The van der Waals surface area contributed by atoms with Crippen molar-refractivity contribution in [2.75, 3.05) is 25.4 Å². The molecule has 9 heteroatoms. The zero-order chi connectivity index (χ0) is 17.7. The van der Waals surface area contributed by atoms with Crippen LogP contribution in [0.25, 0.3) is 0 Å². The molecule has 0 saturated carbocycles. The molecule has 0 aliphatic carbocycles. The molecule has 2 saturated heterocycles. The molecule has 2 unspecified atom stereocenters. The zero-order valence-corrected chi connectivity index (χ0v) is 19.1. The van der Waals surface area contributed by atoms with Crippen molar-refractivity contribution in [2.45, 2.75) is 56.9 Å². The van der Waals surface area contributed by atoms with E-state index in [1.54, 1.807) is 0 Å². The van der Waals surface area contributed by atoms with Crippen LogP contribution in [0.4, 0.5) is 0 Å². The number of hydrogen-bond acceptors (Lipinski definition) is 5. The summed E-state index contributed by atoms with van der Waals surface area (Å²) >= 11 is 2.05. The molecule has 2 aliphatic heterocycles. The third-order valence-corrected chi connectivity index (χ3v) is 6.55. The fourth-order valence-electron chi connectivity index (χ4n) is 3.18. The minimum Gasteiger partial charge on any atom is -0.376 e. The predicted octanol–water partition coefficient (Wildman–Crippen LogP) is 2.24. The van der Waals surface area contributed by atoms with Crippen molar-refractivity contribution in [1.82, 2.24) is 25.4 Å². The summed E-state index contributed by atoms with van der Waals surface area (Å²) in [4.78, 5) is 4.73. The van der Waals surface area contributed by atoms with E-state index in [4.69, 9.17) is 9.73 Å². The molecule has 0 bridgehead atoms. The first-order chi connectivity index (χ1) is 12.1. The Bertz CT molecular complexity index is 596. The summed E-state index contributed by atoms with van der Waals surface area (Å²) in [6.45, 7) is 7.40. The first-order valence-corrected chi connectivity index (χ1v) is 10.2. The number of rotatable bonds is 6. The first-order valence-electron chi connectivity index (χ1n) is 9.18.